The van der Waals surface area contributed by atoms with Crippen LogP contribution in [0.15, 0.2) is 16.8 Å². The second-order valence-electron chi connectivity index (χ2n) is 11.2. The van der Waals surface area contributed by atoms with Crippen LogP contribution in [0.5, 0.6) is 0 Å². The van der Waals surface area contributed by atoms with Crippen LogP contribution >= 0.6 is 0 Å². The van der Waals surface area contributed by atoms with Crippen molar-refractivity contribution >= 4 is 23.4 Å². The fraction of sp³-hybridized carbons (Fsp3) is 0.593. The molecule has 1 heterocycles. The van der Waals surface area contributed by atoms with E-state index in [9.17, 15) is 27.6 Å². The number of halogens is 4. The molecule has 0 aliphatic heterocycles. The Labute approximate surface area is 227 Å². The number of carbonyl (C=O) groups is 3. The molecule has 40 heavy (non-hydrogen) atoms. The van der Waals surface area contributed by atoms with Crippen molar-refractivity contribution in [2.75, 3.05) is 11.9 Å². The van der Waals surface area contributed by atoms with Crippen molar-refractivity contribution in [3.63, 3.8) is 0 Å². The predicted molar refractivity (Wildman–Crippen MR) is 134 cm³/mol. The number of alkyl halides is 3. The fourth-order valence-corrected chi connectivity index (χ4v) is 5.37. The molecule has 3 amide bonds. The van der Waals surface area contributed by atoms with Gasteiger partial charge in [0.15, 0.2) is 5.69 Å². The lowest BCUT2D eigenvalue weighted by molar-refractivity contribution is -0.139. The summed E-state index contributed by atoms with van der Waals surface area (Å²) in [4.78, 5) is 39.0. The van der Waals surface area contributed by atoms with Gasteiger partial charge in [0.05, 0.1) is 11.6 Å². The van der Waals surface area contributed by atoms with Gasteiger partial charge >= 0.3 is 6.18 Å². The molecular formula is C27H31F4N5O4. The van der Waals surface area contributed by atoms with Gasteiger partial charge in [0, 0.05) is 5.92 Å². The van der Waals surface area contributed by atoms with Gasteiger partial charge in [-0.05, 0) is 98.5 Å². The number of nitrogens with zero attached hydrogens (tertiary/aromatic N) is 2. The molecule has 5 rings (SSSR count). The number of amides is 3. The van der Waals surface area contributed by atoms with Gasteiger partial charge < -0.3 is 16.0 Å². The van der Waals surface area contributed by atoms with Gasteiger partial charge in [0.1, 0.15) is 24.1 Å². The van der Waals surface area contributed by atoms with Crippen molar-refractivity contribution in [1.29, 1.82) is 0 Å². The van der Waals surface area contributed by atoms with Crippen molar-refractivity contribution in [3.05, 3.63) is 40.5 Å². The first-order chi connectivity index (χ1) is 18.9. The third-order valence-corrected chi connectivity index (χ3v) is 7.92. The number of aryl methyl sites for hydroxylation is 1. The summed E-state index contributed by atoms with van der Waals surface area (Å²) in [6, 6.07) is 1.44. The maximum Gasteiger partial charge on any atom is 0.405 e. The summed E-state index contributed by atoms with van der Waals surface area (Å²) in [5.41, 5.74) is 0.975. The smallest absolute Gasteiger partial charge is 0.346 e. The number of aromatic nitrogens is 2. The SMILES string of the molecule is Cc1cc(NC(=O)[C@@H](NC(=O)c2nonc2C2CC2)C(C2CC2)C2CC2)c(F)cc1C(C)C(=O)NCC(F)(F)F. The molecule has 3 aliphatic rings. The Morgan fingerprint density at radius 2 is 1.68 bits per heavy atom. The first-order valence-electron chi connectivity index (χ1n) is 13.5. The molecule has 9 nitrogen and oxygen atoms in total. The number of carbonyl (C=O) groups excluding carboxylic acids is 3. The van der Waals surface area contributed by atoms with Gasteiger partial charge in [-0.3, -0.25) is 14.4 Å². The topological polar surface area (TPSA) is 126 Å². The minimum Gasteiger partial charge on any atom is -0.346 e. The molecule has 216 valence electrons. The highest BCUT2D eigenvalue weighted by Crippen LogP contribution is 2.51. The molecule has 0 radical (unpaired) electrons. The summed E-state index contributed by atoms with van der Waals surface area (Å²) in [6.07, 6.45) is 0.946. The first kappa shape index (κ1) is 28.0. The van der Waals surface area contributed by atoms with Gasteiger partial charge in [-0.15, -0.1) is 0 Å². The molecule has 3 aliphatic carbocycles. The van der Waals surface area contributed by atoms with E-state index < -0.39 is 48.2 Å². The standard InChI is InChI=1S/C27H31F4N5O4/c1-12-9-19(18(28)10-17(12)13(2)24(37)32-11-27(29,30)31)33-25(38)22(20(14-3-4-14)15-5-6-15)34-26(39)23-21(16-7-8-16)35-40-36-23/h9-10,13-16,20,22H,3-8,11H2,1-2H3,(H,32,37)(H,33,38)(H,34,39)/t13?,22-/m0/s1. The lowest BCUT2D eigenvalue weighted by Gasteiger charge is -2.27. The molecule has 3 saturated carbocycles. The summed E-state index contributed by atoms with van der Waals surface area (Å²) in [5.74, 6) is -3.42. The van der Waals surface area contributed by atoms with Gasteiger partial charge in [-0.2, -0.15) is 13.2 Å². The van der Waals surface area contributed by atoms with E-state index in [0.717, 1.165) is 44.6 Å². The van der Waals surface area contributed by atoms with Crippen molar-refractivity contribution in [1.82, 2.24) is 20.9 Å². The Morgan fingerprint density at radius 3 is 2.25 bits per heavy atom. The van der Waals surface area contributed by atoms with Crippen LogP contribution in [0, 0.1) is 30.5 Å². The van der Waals surface area contributed by atoms with E-state index in [-0.39, 0.29) is 40.6 Å². The Bertz CT molecular complexity index is 1290. The summed E-state index contributed by atoms with van der Waals surface area (Å²) in [5, 5.41) is 14.9. The molecule has 2 atom stereocenters. The largest absolute Gasteiger partial charge is 0.405 e. The Balaban J connectivity index is 1.33. The van der Waals surface area contributed by atoms with E-state index in [1.807, 2.05) is 0 Å². The van der Waals surface area contributed by atoms with Gasteiger partial charge in [-0.25, -0.2) is 9.02 Å². The van der Waals surface area contributed by atoms with Crippen LogP contribution < -0.4 is 16.0 Å². The first-order valence-corrected chi connectivity index (χ1v) is 13.5. The van der Waals surface area contributed by atoms with E-state index in [1.165, 1.54) is 13.0 Å². The maximum absolute atomic E-state index is 15.2. The monoisotopic (exact) mass is 565 g/mol. The quantitative estimate of drug-likeness (QED) is 0.348. The van der Waals surface area contributed by atoms with E-state index in [4.69, 9.17) is 4.63 Å². The zero-order chi connectivity index (χ0) is 28.8. The molecule has 1 aromatic carbocycles. The minimum atomic E-state index is -4.57. The van der Waals surface area contributed by atoms with Crippen molar-refractivity contribution in [3.8, 4) is 0 Å². The normalized spacial score (nSPS) is 18.8. The highest BCUT2D eigenvalue weighted by molar-refractivity contribution is 6.01. The fourth-order valence-electron chi connectivity index (χ4n) is 5.37. The van der Waals surface area contributed by atoms with E-state index in [1.54, 1.807) is 12.2 Å². The average molecular weight is 566 g/mol. The number of anilines is 1. The predicted octanol–water partition coefficient (Wildman–Crippen LogP) is 4.35. The molecule has 0 bridgehead atoms. The molecule has 2 aromatic rings. The van der Waals surface area contributed by atoms with Gasteiger partial charge in [-0.1, -0.05) is 5.16 Å². The van der Waals surface area contributed by atoms with Gasteiger partial charge in [0.2, 0.25) is 11.8 Å². The van der Waals surface area contributed by atoms with Crippen LogP contribution in [0.3, 0.4) is 0 Å². The number of benzene rings is 1. The Kier molecular flexibility index (Phi) is 7.58. The molecule has 1 aromatic heterocycles. The van der Waals surface area contributed by atoms with Crippen LogP contribution in [0.2, 0.25) is 0 Å². The molecule has 0 spiro atoms. The molecule has 3 fully saturated rings. The number of nitrogens with one attached hydrogen (secondary N) is 3. The summed E-state index contributed by atoms with van der Waals surface area (Å²) in [7, 11) is 0. The highest BCUT2D eigenvalue weighted by Gasteiger charge is 2.49. The zero-order valence-electron chi connectivity index (χ0n) is 22.1. The molecule has 13 heteroatoms. The molecule has 0 saturated heterocycles. The third kappa shape index (κ3) is 6.44. The van der Waals surface area contributed by atoms with Crippen LogP contribution in [0.25, 0.3) is 0 Å². The molecule has 3 N–H and O–H groups in total. The van der Waals surface area contributed by atoms with Gasteiger partial charge in [0.25, 0.3) is 5.91 Å². The number of hydrogen-bond donors (Lipinski definition) is 3. The van der Waals surface area contributed by atoms with Crippen molar-refractivity contribution in [2.45, 2.75) is 76.4 Å². The van der Waals surface area contributed by atoms with Crippen molar-refractivity contribution < 1.29 is 36.6 Å². The van der Waals surface area contributed by atoms with E-state index >= 15 is 4.39 Å². The highest BCUT2D eigenvalue weighted by atomic mass is 19.4. The third-order valence-electron chi connectivity index (χ3n) is 7.92. The number of hydrogen-bond acceptors (Lipinski definition) is 6. The van der Waals surface area contributed by atoms with Crippen LogP contribution in [-0.2, 0) is 9.59 Å². The second kappa shape index (κ2) is 10.8. The lowest BCUT2D eigenvalue weighted by atomic mass is 9.88. The van der Waals surface area contributed by atoms with E-state index in [0.29, 0.717) is 11.3 Å². The summed E-state index contributed by atoms with van der Waals surface area (Å²) in [6.45, 7) is 1.46. The number of rotatable bonds is 11. The zero-order valence-corrected chi connectivity index (χ0v) is 22.1. The van der Waals surface area contributed by atoms with Crippen LogP contribution in [0.4, 0.5) is 23.2 Å². The summed E-state index contributed by atoms with van der Waals surface area (Å²) < 4.78 is 57.5. The second-order valence-corrected chi connectivity index (χ2v) is 11.2. The van der Waals surface area contributed by atoms with Crippen LogP contribution in [0.1, 0.15) is 84.6 Å². The van der Waals surface area contributed by atoms with Crippen LogP contribution in [-0.4, -0.2) is 46.8 Å². The van der Waals surface area contributed by atoms with Crippen molar-refractivity contribution in [2.24, 2.45) is 17.8 Å². The molecular weight excluding hydrogens is 534 g/mol. The maximum atomic E-state index is 15.2. The lowest BCUT2D eigenvalue weighted by Crippen LogP contribution is -2.50. The van der Waals surface area contributed by atoms with E-state index in [2.05, 4.69) is 20.9 Å². The Hall–Kier alpha value is -3.51. The molecule has 1 unspecified atom stereocenters. The average Bonchev–Trinajstić information content (AvgIpc) is 3.75. The summed E-state index contributed by atoms with van der Waals surface area (Å²) >= 11 is 0. The minimum absolute atomic E-state index is 0.0507. The Morgan fingerprint density at radius 1 is 1.02 bits per heavy atom.